The summed E-state index contributed by atoms with van der Waals surface area (Å²) in [4.78, 5) is 8.94. The van der Waals surface area contributed by atoms with Gasteiger partial charge in [-0.3, -0.25) is 0 Å². The third-order valence-corrected chi connectivity index (χ3v) is 6.71. The van der Waals surface area contributed by atoms with E-state index in [1.54, 1.807) is 68.4 Å². The number of nitrogens with zero attached hydrogens (tertiary/aromatic N) is 3. The van der Waals surface area contributed by atoms with Gasteiger partial charge in [0.25, 0.3) is 20.0 Å². The van der Waals surface area contributed by atoms with E-state index in [4.69, 9.17) is 0 Å². The van der Waals surface area contributed by atoms with E-state index in [9.17, 15) is 16.8 Å². The van der Waals surface area contributed by atoms with Crippen LogP contribution in [0.25, 0.3) is 0 Å². The molecule has 0 saturated carbocycles. The summed E-state index contributed by atoms with van der Waals surface area (Å²) in [6.45, 7) is 3.20. The van der Waals surface area contributed by atoms with Gasteiger partial charge in [-0.2, -0.15) is 36.7 Å². The van der Waals surface area contributed by atoms with Gasteiger partial charge in [0.2, 0.25) is 0 Å². The van der Waals surface area contributed by atoms with Crippen LogP contribution >= 0.6 is 0 Å². The Morgan fingerprint density at radius 3 is 1.38 bits per heavy atom. The quantitative estimate of drug-likeness (QED) is 0.385. The van der Waals surface area contributed by atoms with Crippen molar-refractivity contribution in [1.29, 1.82) is 0 Å². The van der Waals surface area contributed by atoms with Gasteiger partial charge in [0.1, 0.15) is 0 Å². The lowest BCUT2D eigenvalue weighted by Gasteiger charge is -2.07. The van der Waals surface area contributed by atoms with E-state index in [0.717, 1.165) is 0 Å². The summed E-state index contributed by atoms with van der Waals surface area (Å²) < 4.78 is 49.3. The van der Waals surface area contributed by atoms with E-state index in [0.29, 0.717) is 22.8 Å². The van der Waals surface area contributed by atoms with Crippen molar-refractivity contribution in [3.8, 4) is 0 Å². The molecule has 1 aromatic heterocycles. The molecule has 0 saturated heterocycles. The van der Waals surface area contributed by atoms with E-state index in [1.807, 2.05) is 0 Å². The SMILES string of the molecule is C/C(=N\NS(=O)(=O)c1ccccc1)c1cccc(/C(C)=N/NS(=O)(=O)c2ccccc2)n1. The molecule has 0 aliphatic carbocycles. The summed E-state index contributed by atoms with van der Waals surface area (Å²) in [7, 11) is -7.61. The number of aromatic nitrogens is 1. The van der Waals surface area contributed by atoms with Gasteiger partial charge in [-0.15, -0.1) is 0 Å². The molecule has 0 spiro atoms. The standard InChI is InChI=1S/C21H21N5O4S2/c1-16(23-25-31(27,28)18-10-5-3-6-11-18)20-14-9-15-21(22-20)17(2)24-26-32(29,30)19-12-7-4-8-13-19/h3-15,25-26H,1-2H3/b23-16+,24-17+. The minimum absolute atomic E-state index is 0.0898. The van der Waals surface area contributed by atoms with Crippen molar-refractivity contribution in [1.82, 2.24) is 14.6 Å². The summed E-state index contributed by atoms with van der Waals surface area (Å²) in [6, 6.07) is 20.7. The zero-order valence-electron chi connectivity index (χ0n) is 17.3. The fourth-order valence-electron chi connectivity index (χ4n) is 2.51. The van der Waals surface area contributed by atoms with Gasteiger partial charge in [0.15, 0.2) is 0 Å². The Morgan fingerprint density at radius 1 is 0.625 bits per heavy atom. The van der Waals surface area contributed by atoms with Crippen LogP contribution in [0.1, 0.15) is 25.2 Å². The second-order valence-corrected chi connectivity index (χ2v) is 9.94. The normalized spacial score (nSPS) is 12.9. The van der Waals surface area contributed by atoms with Crippen molar-refractivity contribution in [2.24, 2.45) is 10.2 Å². The lowest BCUT2D eigenvalue weighted by Crippen LogP contribution is -2.21. The molecule has 2 aromatic carbocycles. The molecule has 3 aromatic rings. The van der Waals surface area contributed by atoms with Crippen molar-refractivity contribution in [3.63, 3.8) is 0 Å². The third-order valence-electron chi connectivity index (χ3n) is 4.26. The molecule has 0 amide bonds. The molecular formula is C21H21N5O4S2. The molecule has 0 bridgehead atoms. The number of nitrogens with one attached hydrogen (secondary N) is 2. The number of hydrogen-bond donors (Lipinski definition) is 2. The largest absolute Gasteiger partial charge is 0.276 e. The molecule has 0 radical (unpaired) electrons. The summed E-state index contributed by atoms with van der Waals surface area (Å²) in [5, 5.41) is 7.87. The van der Waals surface area contributed by atoms with Crippen LogP contribution in [0.15, 0.2) is 98.9 Å². The van der Waals surface area contributed by atoms with Crippen molar-refractivity contribution in [2.75, 3.05) is 0 Å². The third kappa shape index (κ3) is 5.77. The number of benzene rings is 2. The first-order valence-corrected chi connectivity index (χ1v) is 12.4. The monoisotopic (exact) mass is 471 g/mol. The van der Waals surface area contributed by atoms with Crippen LogP contribution in [0, 0.1) is 0 Å². The molecule has 2 N–H and O–H groups in total. The molecule has 0 atom stereocenters. The van der Waals surface area contributed by atoms with Crippen molar-refractivity contribution in [3.05, 3.63) is 90.3 Å². The molecule has 166 valence electrons. The number of sulfonamides is 2. The highest BCUT2D eigenvalue weighted by molar-refractivity contribution is 7.89. The Kier molecular flexibility index (Phi) is 7.01. The summed E-state index contributed by atoms with van der Waals surface area (Å²) >= 11 is 0. The van der Waals surface area contributed by atoms with E-state index >= 15 is 0 Å². The Bertz CT molecular complexity index is 1250. The van der Waals surface area contributed by atoms with E-state index < -0.39 is 20.0 Å². The first kappa shape index (κ1) is 23.1. The van der Waals surface area contributed by atoms with Gasteiger partial charge in [0, 0.05) is 0 Å². The molecule has 11 heteroatoms. The summed E-state index contributed by atoms with van der Waals surface area (Å²) in [5.74, 6) is 0. The van der Waals surface area contributed by atoms with Crippen molar-refractivity contribution in [2.45, 2.75) is 23.6 Å². The average Bonchev–Trinajstić information content (AvgIpc) is 2.82. The maximum atomic E-state index is 12.3. The molecule has 9 nitrogen and oxygen atoms in total. The molecule has 1 heterocycles. The van der Waals surface area contributed by atoms with Crippen molar-refractivity contribution >= 4 is 31.5 Å². The predicted molar refractivity (Wildman–Crippen MR) is 122 cm³/mol. The fourth-order valence-corrected chi connectivity index (χ4v) is 4.27. The van der Waals surface area contributed by atoms with Crippen LogP contribution in [0.3, 0.4) is 0 Å². The molecule has 0 aliphatic rings. The van der Waals surface area contributed by atoms with Gasteiger partial charge >= 0.3 is 0 Å². The molecule has 0 unspecified atom stereocenters. The lowest BCUT2D eigenvalue weighted by atomic mass is 10.2. The number of rotatable bonds is 8. The van der Waals surface area contributed by atoms with E-state index in [2.05, 4.69) is 24.8 Å². The first-order chi connectivity index (χ1) is 15.2. The van der Waals surface area contributed by atoms with Crippen LogP contribution < -0.4 is 9.66 Å². The highest BCUT2D eigenvalue weighted by atomic mass is 32.2. The molecule has 3 rings (SSSR count). The Hall–Kier alpha value is -3.57. The number of hydrogen-bond acceptors (Lipinski definition) is 7. The van der Waals surface area contributed by atoms with Gasteiger partial charge in [0.05, 0.1) is 32.6 Å². The minimum Gasteiger partial charge on any atom is -0.245 e. The topological polar surface area (TPSA) is 130 Å². The zero-order chi connectivity index (χ0) is 23.2. The Balaban J connectivity index is 1.77. The molecule has 0 fully saturated rings. The van der Waals surface area contributed by atoms with Crippen LogP contribution in [0.4, 0.5) is 0 Å². The van der Waals surface area contributed by atoms with Crippen LogP contribution in [-0.2, 0) is 20.0 Å². The lowest BCUT2D eigenvalue weighted by molar-refractivity contribution is 0.583. The van der Waals surface area contributed by atoms with Crippen LogP contribution in [0.2, 0.25) is 0 Å². The second-order valence-electron chi connectivity index (χ2n) is 6.62. The molecule has 0 aliphatic heterocycles. The van der Waals surface area contributed by atoms with Gasteiger partial charge in [-0.25, -0.2) is 4.98 Å². The average molecular weight is 472 g/mol. The maximum Gasteiger partial charge on any atom is 0.276 e. The Labute approximate surface area is 187 Å². The summed E-state index contributed by atoms with van der Waals surface area (Å²) in [6.07, 6.45) is 0. The van der Waals surface area contributed by atoms with Gasteiger partial charge in [-0.05, 0) is 50.2 Å². The Morgan fingerprint density at radius 2 is 1.00 bits per heavy atom. The smallest absolute Gasteiger partial charge is 0.245 e. The van der Waals surface area contributed by atoms with Crippen molar-refractivity contribution < 1.29 is 16.8 Å². The van der Waals surface area contributed by atoms with E-state index in [-0.39, 0.29) is 9.79 Å². The minimum atomic E-state index is -3.81. The number of hydrazone groups is 2. The van der Waals surface area contributed by atoms with Crippen LogP contribution in [0.5, 0.6) is 0 Å². The zero-order valence-corrected chi connectivity index (χ0v) is 18.9. The number of pyridine rings is 1. The van der Waals surface area contributed by atoms with Gasteiger partial charge < -0.3 is 0 Å². The van der Waals surface area contributed by atoms with Crippen LogP contribution in [-0.4, -0.2) is 33.2 Å². The van der Waals surface area contributed by atoms with E-state index in [1.165, 1.54) is 24.3 Å². The fraction of sp³-hybridized carbons (Fsp3) is 0.0952. The highest BCUT2D eigenvalue weighted by Gasteiger charge is 2.14. The highest BCUT2D eigenvalue weighted by Crippen LogP contribution is 2.09. The first-order valence-electron chi connectivity index (χ1n) is 9.39. The second kappa shape index (κ2) is 9.71. The maximum absolute atomic E-state index is 12.3. The molecule has 32 heavy (non-hydrogen) atoms. The molecular weight excluding hydrogens is 450 g/mol. The van der Waals surface area contributed by atoms with Gasteiger partial charge in [-0.1, -0.05) is 42.5 Å². The summed E-state index contributed by atoms with van der Waals surface area (Å²) in [5.41, 5.74) is 1.45. The predicted octanol–water partition coefficient (Wildman–Crippen LogP) is 2.49.